The molecule has 1 N–H and O–H groups in total. The molecule has 1 fully saturated rings. The maximum Gasteiger partial charge on any atom is 0.311 e. The van der Waals surface area contributed by atoms with Gasteiger partial charge in [0.05, 0.1) is 5.92 Å². The van der Waals surface area contributed by atoms with Crippen LogP contribution >= 0.6 is 0 Å². The molecular weight excluding hydrogens is 480 g/mol. The average Bonchev–Trinajstić information content (AvgIpc) is 3.27. The van der Waals surface area contributed by atoms with Crippen LogP contribution in [0.25, 0.3) is 0 Å². The first kappa shape index (κ1) is 26.9. The van der Waals surface area contributed by atoms with Gasteiger partial charge in [0.1, 0.15) is 11.5 Å². The van der Waals surface area contributed by atoms with Crippen molar-refractivity contribution in [1.29, 1.82) is 0 Å². The Morgan fingerprint density at radius 3 is 2.47 bits per heavy atom. The van der Waals surface area contributed by atoms with Crippen molar-refractivity contribution in [2.75, 3.05) is 23.4 Å². The van der Waals surface area contributed by atoms with Crippen LogP contribution in [0.1, 0.15) is 48.4 Å². The van der Waals surface area contributed by atoms with Crippen molar-refractivity contribution in [3.8, 4) is 11.5 Å². The van der Waals surface area contributed by atoms with Gasteiger partial charge < -0.3 is 19.7 Å². The predicted octanol–water partition coefficient (Wildman–Crippen LogP) is 6.06. The highest BCUT2D eigenvalue weighted by atomic mass is 16.5. The van der Waals surface area contributed by atoms with Gasteiger partial charge in [-0.15, -0.1) is 0 Å². The van der Waals surface area contributed by atoms with Gasteiger partial charge >= 0.3 is 5.97 Å². The summed E-state index contributed by atoms with van der Waals surface area (Å²) in [4.78, 5) is 39.2. The van der Waals surface area contributed by atoms with Crippen molar-refractivity contribution in [1.82, 2.24) is 0 Å². The van der Waals surface area contributed by atoms with E-state index in [2.05, 4.69) is 31.3 Å². The minimum Gasteiger partial charge on any atom is -0.457 e. The number of aryl methyl sites for hydroxylation is 2. The number of carbonyl (C=O) groups excluding carboxylic acids is 3. The number of benzene rings is 3. The van der Waals surface area contributed by atoms with Crippen LogP contribution in [-0.2, 0) is 19.1 Å². The zero-order chi connectivity index (χ0) is 27.4. The van der Waals surface area contributed by atoms with Crippen LogP contribution in [0.4, 0.5) is 11.4 Å². The topological polar surface area (TPSA) is 84.9 Å². The van der Waals surface area contributed by atoms with Crippen molar-refractivity contribution in [2.45, 2.75) is 47.0 Å². The molecular formula is C31H34N2O5. The molecule has 0 unspecified atom stereocenters. The van der Waals surface area contributed by atoms with E-state index in [0.717, 1.165) is 28.0 Å². The smallest absolute Gasteiger partial charge is 0.311 e. The summed E-state index contributed by atoms with van der Waals surface area (Å²) in [5.41, 5.74) is 5.62. The van der Waals surface area contributed by atoms with Gasteiger partial charge in [-0.1, -0.05) is 38.1 Å². The fourth-order valence-corrected chi connectivity index (χ4v) is 4.47. The number of amides is 2. The van der Waals surface area contributed by atoms with E-state index in [0.29, 0.717) is 23.0 Å². The molecule has 2 amide bonds. The summed E-state index contributed by atoms with van der Waals surface area (Å²) in [7, 11) is 0. The second-order valence-electron chi connectivity index (χ2n) is 10.1. The maximum atomic E-state index is 12.7. The van der Waals surface area contributed by atoms with Gasteiger partial charge in [0, 0.05) is 24.3 Å². The van der Waals surface area contributed by atoms with Crippen LogP contribution in [0, 0.1) is 26.7 Å². The van der Waals surface area contributed by atoms with Crippen molar-refractivity contribution >= 4 is 29.2 Å². The average molecular weight is 515 g/mol. The first-order valence-electron chi connectivity index (χ1n) is 12.8. The molecule has 0 spiro atoms. The number of hydrogen-bond acceptors (Lipinski definition) is 5. The molecule has 0 bridgehead atoms. The zero-order valence-corrected chi connectivity index (χ0v) is 22.5. The van der Waals surface area contributed by atoms with Gasteiger partial charge in [0.2, 0.25) is 5.91 Å². The fraction of sp³-hybridized carbons (Fsp3) is 0.323. The second kappa shape index (κ2) is 11.5. The molecule has 7 nitrogen and oxygen atoms in total. The van der Waals surface area contributed by atoms with E-state index in [1.807, 2.05) is 63.2 Å². The Balaban J connectivity index is 1.33. The lowest BCUT2D eigenvalue weighted by molar-refractivity contribution is -0.151. The van der Waals surface area contributed by atoms with Gasteiger partial charge in [0.15, 0.2) is 6.61 Å². The Labute approximate surface area is 223 Å². The van der Waals surface area contributed by atoms with Gasteiger partial charge in [-0.2, -0.15) is 0 Å². The third-order valence-electron chi connectivity index (χ3n) is 6.85. The zero-order valence-electron chi connectivity index (χ0n) is 22.5. The van der Waals surface area contributed by atoms with Crippen molar-refractivity contribution < 1.29 is 23.9 Å². The Bertz CT molecular complexity index is 1350. The van der Waals surface area contributed by atoms with E-state index >= 15 is 0 Å². The molecule has 7 heteroatoms. The molecule has 1 heterocycles. The van der Waals surface area contributed by atoms with E-state index in [1.165, 1.54) is 0 Å². The fourth-order valence-electron chi connectivity index (χ4n) is 4.47. The third-order valence-corrected chi connectivity index (χ3v) is 6.85. The number of hydrogen-bond donors (Lipinski definition) is 1. The summed E-state index contributed by atoms with van der Waals surface area (Å²) >= 11 is 0. The lowest BCUT2D eigenvalue weighted by Crippen LogP contribution is -2.28. The number of esters is 1. The van der Waals surface area contributed by atoms with Crippen molar-refractivity contribution in [3.63, 3.8) is 0 Å². The van der Waals surface area contributed by atoms with E-state index in [9.17, 15) is 14.4 Å². The number of nitrogens with one attached hydrogen (secondary N) is 1. The molecule has 0 aliphatic carbocycles. The molecule has 0 radical (unpaired) electrons. The van der Waals surface area contributed by atoms with Crippen LogP contribution in [0.3, 0.4) is 0 Å². The first-order chi connectivity index (χ1) is 18.1. The molecule has 0 aromatic heterocycles. The number of ether oxygens (including phenoxy) is 2. The van der Waals surface area contributed by atoms with Gasteiger partial charge in [0.25, 0.3) is 5.91 Å². The van der Waals surface area contributed by atoms with Crippen LogP contribution in [0.15, 0.2) is 60.7 Å². The second-order valence-corrected chi connectivity index (χ2v) is 10.1. The molecule has 1 aliphatic rings. The summed E-state index contributed by atoms with van der Waals surface area (Å²) in [5, 5.41) is 2.77. The minimum atomic E-state index is -0.632. The maximum absolute atomic E-state index is 12.7. The normalized spacial score (nSPS) is 15.1. The lowest BCUT2D eigenvalue weighted by Gasteiger charge is -2.18. The molecule has 1 atom stereocenters. The van der Waals surface area contributed by atoms with Gasteiger partial charge in [-0.05, 0) is 85.3 Å². The highest BCUT2D eigenvalue weighted by Gasteiger charge is 2.36. The highest BCUT2D eigenvalue weighted by Crippen LogP contribution is 2.33. The Morgan fingerprint density at radius 2 is 1.76 bits per heavy atom. The Kier molecular flexibility index (Phi) is 8.15. The molecule has 3 aromatic carbocycles. The minimum absolute atomic E-state index is 0.0384. The molecule has 1 saturated heterocycles. The Hall–Kier alpha value is -4.13. The van der Waals surface area contributed by atoms with E-state index in [1.54, 1.807) is 11.0 Å². The quantitative estimate of drug-likeness (QED) is 0.369. The van der Waals surface area contributed by atoms with Crippen molar-refractivity contribution in [2.24, 2.45) is 5.92 Å². The molecule has 38 heavy (non-hydrogen) atoms. The monoisotopic (exact) mass is 514 g/mol. The van der Waals surface area contributed by atoms with E-state index in [4.69, 9.17) is 9.47 Å². The molecule has 0 saturated carbocycles. The standard InChI is InChI=1S/C31H34N2O5/c1-19(2)26-14-9-20(3)15-28(26)38-25-12-10-24(11-13-25)33-17-23(16-30(33)35)31(36)37-18-29(34)32-27-8-6-7-21(4)22(27)5/h6-15,19,23H,16-18H2,1-5H3,(H,32,34)/t23-/m1/s1. The SMILES string of the molecule is Cc1ccc(C(C)C)c(Oc2ccc(N3C[C@H](C(=O)OCC(=O)Nc4cccc(C)c4C)CC3=O)cc2)c1. The number of carbonyl (C=O) groups is 3. The molecule has 3 aromatic rings. The van der Waals surface area contributed by atoms with Gasteiger partial charge in [-0.25, -0.2) is 0 Å². The number of nitrogens with zero attached hydrogens (tertiary/aromatic N) is 1. The Morgan fingerprint density at radius 1 is 1.03 bits per heavy atom. The first-order valence-corrected chi connectivity index (χ1v) is 12.8. The third kappa shape index (κ3) is 6.22. The van der Waals surface area contributed by atoms with E-state index < -0.39 is 24.4 Å². The highest BCUT2D eigenvalue weighted by molar-refractivity contribution is 6.00. The lowest BCUT2D eigenvalue weighted by atomic mass is 10.0. The van der Waals surface area contributed by atoms with Crippen LogP contribution in [-0.4, -0.2) is 30.9 Å². The van der Waals surface area contributed by atoms with Crippen LogP contribution in [0.2, 0.25) is 0 Å². The summed E-state index contributed by atoms with van der Waals surface area (Å²) in [5.74, 6) is 0.0272. The molecule has 4 rings (SSSR count). The van der Waals surface area contributed by atoms with Crippen LogP contribution < -0.4 is 15.0 Å². The largest absolute Gasteiger partial charge is 0.457 e. The number of rotatable bonds is 8. The summed E-state index contributed by atoms with van der Waals surface area (Å²) < 4.78 is 11.4. The van der Waals surface area contributed by atoms with Gasteiger partial charge in [-0.3, -0.25) is 14.4 Å². The summed E-state index contributed by atoms with van der Waals surface area (Å²) in [6, 6.07) is 19.0. The van der Waals surface area contributed by atoms with Crippen LogP contribution in [0.5, 0.6) is 11.5 Å². The van der Waals surface area contributed by atoms with E-state index in [-0.39, 0.29) is 18.9 Å². The van der Waals surface area contributed by atoms with Crippen molar-refractivity contribution in [3.05, 3.63) is 82.9 Å². The predicted molar refractivity (Wildman–Crippen MR) is 148 cm³/mol. The summed E-state index contributed by atoms with van der Waals surface area (Å²) in [6.45, 7) is 9.95. The summed E-state index contributed by atoms with van der Waals surface area (Å²) in [6.07, 6.45) is 0.0384. The number of anilines is 2. The molecule has 1 aliphatic heterocycles. The molecule has 198 valence electrons.